The number of benzene rings is 4. The van der Waals surface area contributed by atoms with E-state index in [1.165, 1.54) is 33.6 Å². The van der Waals surface area contributed by atoms with Gasteiger partial charge >= 0.3 is 0 Å². The highest BCUT2D eigenvalue weighted by atomic mass is 35.5. The molecule has 8 heteroatoms. The number of ether oxygens (including phenoxy) is 1. The number of fused-ring (bicyclic) bond motifs is 1. The number of methoxy groups -OCH3 is 1. The van der Waals surface area contributed by atoms with Gasteiger partial charge in [-0.25, -0.2) is 4.98 Å². The molecule has 214 valence electrons. The lowest BCUT2D eigenvalue weighted by molar-refractivity contribution is -0.126. The predicted octanol–water partition coefficient (Wildman–Crippen LogP) is 8.35. The number of nitrogens with zero attached hydrogens (tertiary/aromatic N) is 1. The topological polar surface area (TPSA) is 80.3 Å². The number of aromatic nitrogens is 1. The number of anilines is 2. The number of rotatable bonds is 6. The Morgan fingerprint density at radius 1 is 0.907 bits per heavy atom. The first-order valence-electron chi connectivity index (χ1n) is 14.1. The van der Waals surface area contributed by atoms with E-state index in [9.17, 15) is 9.59 Å². The van der Waals surface area contributed by atoms with E-state index >= 15 is 0 Å². The van der Waals surface area contributed by atoms with Gasteiger partial charge in [-0.2, -0.15) is 0 Å². The fourth-order valence-corrected chi connectivity index (χ4v) is 7.63. The summed E-state index contributed by atoms with van der Waals surface area (Å²) in [7, 11) is 1.54. The van der Waals surface area contributed by atoms with E-state index in [4.69, 9.17) is 21.3 Å². The molecule has 5 aromatic rings. The van der Waals surface area contributed by atoms with Crippen LogP contribution in [0, 0.1) is 5.41 Å². The number of carbonyl (C=O) groups excluding carboxylic acids is 2. The molecule has 1 heterocycles. The molecule has 3 aliphatic carbocycles. The summed E-state index contributed by atoms with van der Waals surface area (Å²) >= 11 is 7.59. The Hall–Kier alpha value is -4.46. The van der Waals surface area contributed by atoms with Crippen LogP contribution in [0.1, 0.15) is 57.8 Å². The lowest BCUT2D eigenvalue weighted by Crippen LogP contribution is -2.47. The number of hydrogen-bond acceptors (Lipinski definition) is 5. The highest BCUT2D eigenvalue weighted by Gasteiger charge is 2.54. The monoisotopic (exact) mass is 605 g/mol. The summed E-state index contributed by atoms with van der Waals surface area (Å²) in [5.74, 6) is 0.391. The molecule has 0 aliphatic heterocycles. The number of hydrogen-bond donors (Lipinski definition) is 2. The van der Waals surface area contributed by atoms with E-state index in [1.54, 1.807) is 37.4 Å². The summed E-state index contributed by atoms with van der Waals surface area (Å²) in [4.78, 5) is 31.7. The molecule has 0 saturated heterocycles. The third kappa shape index (κ3) is 4.69. The summed E-state index contributed by atoms with van der Waals surface area (Å²) in [6, 6.07) is 29.4. The molecule has 0 radical (unpaired) electrons. The fraction of sp³-hybridized carbons (Fsp3) is 0.171. The molecule has 3 aliphatic rings. The van der Waals surface area contributed by atoms with Crippen LogP contribution >= 0.6 is 22.9 Å². The van der Waals surface area contributed by atoms with Crippen molar-refractivity contribution in [2.45, 2.75) is 25.2 Å². The van der Waals surface area contributed by atoms with Crippen molar-refractivity contribution in [1.82, 2.24) is 4.98 Å². The number of halogens is 1. The Bertz CT molecular complexity index is 1860. The summed E-state index contributed by atoms with van der Waals surface area (Å²) in [6.45, 7) is 2.08. The average molecular weight is 606 g/mol. The van der Waals surface area contributed by atoms with E-state index in [2.05, 4.69) is 66.1 Å². The van der Waals surface area contributed by atoms with Crippen LogP contribution in [-0.2, 0) is 4.79 Å². The Balaban J connectivity index is 1.11. The van der Waals surface area contributed by atoms with Gasteiger partial charge in [0.2, 0.25) is 5.91 Å². The van der Waals surface area contributed by atoms with Gasteiger partial charge in [0.05, 0.1) is 23.2 Å². The van der Waals surface area contributed by atoms with Gasteiger partial charge in [0.15, 0.2) is 5.13 Å². The molecule has 43 heavy (non-hydrogen) atoms. The zero-order chi connectivity index (χ0) is 29.7. The van der Waals surface area contributed by atoms with Gasteiger partial charge in [-0.05, 0) is 65.9 Å². The molecule has 8 rings (SSSR count). The maximum absolute atomic E-state index is 14.0. The second kappa shape index (κ2) is 10.7. The second-order valence-corrected chi connectivity index (χ2v) is 12.5. The molecule has 0 fully saturated rings. The molecule has 0 saturated carbocycles. The molecular formula is C35H28ClN3O3S. The molecule has 2 bridgehead atoms. The van der Waals surface area contributed by atoms with Crippen LogP contribution in [0.15, 0.2) is 96.4 Å². The lowest BCUT2D eigenvalue weighted by atomic mass is 9.52. The second-order valence-electron chi connectivity index (χ2n) is 11.2. The van der Waals surface area contributed by atoms with E-state index in [0.29, 0.717) is 32.8 Å². The van der Waals surface area contributed by atoms with Crippen molar-refractivity contribution in [3.8, 4) is 17.0 Å². The third-order valence-corrected chi connectivity index (χ3v) is 9.76. The summed E-state index contributed by atoms with van der Waals surface area (Å²) < 4.78 is 5.18. The first kappa shape index (κ1) is 27.4. The Morgan fingerprint density at radius 3 is 2.28 bits per heavy atom. The maximum atomic E-state index is 14.0. The van der Waals surface area contributed by atoms with E-state index in [-0.39, 0.29) is 23.7 Å². The van der Waals surface area contributed by atoms with Crippen molar-refractivity contribution >= 4 is 45.6 Å². The van der Waals surface area contributed by atoms with Crippen molar-refractivity contribution in [3.63, 3.8) is 0 Å². The number of nitrogens with one attached hydrogen (secondary N) is 2. The Kier molecular flexibility index (Phi) is 6.79. The molecule has 1 aromatic heterocycles. The minimum atomic E-state index is -0.623. The van der Waals surface area contributed by atoms with Crippen molar-refractivity contribution in [2.24, 2.45) is 5.41 Å². The van der Waals surface area contributed by atoms with Gasteiger partial charge < -0.3 is 15.4 Å². The van der Waals surface area contributed by atoms with Crippen molar-refractivity contribution in [3.05, 3.63) is 129 Å². The first-order valence-corrected chi connectivity index (χ1v) is 15.3. The van der Waals surface area contributed by atoms with Gasteiger partial charge in [-0.15, -0.1) is 11.3 Å². The molecule has 1 atom stereocenters. The third-order valence-electron chi connectivity index (χ3n) is 8.70. The van der Waals surface area contributed by atoms with Gasteiger partial charge in [0, 0.05) is 34.0 Å². The van der Waals surface area contributed by atoms with Crippen LogP contribution in [0.2, 0.25) is 5.02 Å². The van der Waals surface area contributed by atoms with Crippen LogP contribution in [0.25, 0.3) is 11.3 Å². The molecular weight excluding hydrogens is 578 g/mol. The van der Waals surface area contributed by atoms with E-state index in [1.807, 2.05) is 17.5 Å². The largest absolute Gasteiger partial charge is 0.495 e. The first-order chi connectivity index (χ1) is 20.9. The van der Waals surface area contributed by atoms with Gasteiger partial charge in [-0.1, -0.05) is 72.3 Å². The summed E-state index contributed by atoms with van der Waals surface area (Å²) in [6.07, 6.45) is 0.742. The standard InChI is InChI=1S/C35H28ClN3O3S/c1-35(18-27-23-10-3-5-12-25(23)31(35)26-13-6-4-11-24(26)27)33(41)39-34-38-29(19-43-34)20-8-7-9-21(16-20)32(40)37-22-14-15-30(42-2)28(36)17-22/h3-17,19,27,31H,18H2,1-2H3,(H,37,40)(H,38,39,41). The SMILES string of the molecule is COc1ccc(NC(=O)c2cccc(-c3csc(NC(=O)C4(C)CC5c6ccccc6C4c4ccccc45)n3)c2)cc1Cl. The smallest absolute Gasteiger partial charge is 0.255 e. The fourth-order valence-electron chi connectivity index (χ4n) is 6.66. The number of thiazole rings is 1. The highest BCUT2D eigenvalue weighted by molar-refractivity contribution is 7.14. The van der Waals surface area contributed by atoms with Gasteiger partial charge in [0.25, 0.3) is 5.91 Å². The van der Waals surface area contributed by atoms with Crippen molar-refractivity contribution in [1.29, 1.82) is 0 Å². The predicted molar refractivity (Wildman–Crippen MR) is 171 cm³/mol. The summed E-state index contributed by atoms with van der Waals surface area (Å²) in [5.41, 5.74) is 7.02. The molecule has 6 nitrogen and oxygen atoms in total. The minimum Gasteiger partial charge on any atom is -0.495 e. The van der Waals surface area contributed by atoms with Crippen LogP contribution in [0.3, 0.4) is 0 Å². The zero-order valence-electron chi connectivity index (χ0n) is 23.6. The van der Waals surface area contributed by atoms with Crippen molar-refractivity contribution in [2.75, 3.05) is 17.7 Å². The molecule has 1 unspecified atom stereocenters. The maximum Gasteiger partial charge on any atom is 0.255 e. The quantitative estimate of drug-likeness (QED) is 0.204. The highest BCUT2D eigenvalue weighted by Crippen LogP contribution is 2.61. The number of carbonyl (C=O) groups is 2. The molecule has 2 N–H and O–H groups in total. The molecule has 4 aromatic carbocycles. The van der Waals surface area contributed by atoms with E-state index in [0.717, 1.165) is 12.0 Å². The van der Waals surface area contributed by atoms with Crippen LogP contribution < -0.4 is 15.4 Å². The van der Waals surface area contributed by atoms with Crippen molar-refractivity contribution < 1.29 is 14.3 Å². The van der Waals surface area contributed by atoms with E-state index < -0.39 is 5.41 Å². The van der Waals surface area contributed by atoms with Gasteiger partial charge in [-0.3, -0.25) is 9.59 Å². The van der Waals surface area contributed by atoms with Crippen LogP contribution in [0.5, 0.6) is 5.75 Å². The van der Waals surface area contributed by atoms with Crippen LogP contribution in [-0.4, -0.2) is 23.9 Å². The Labute approximate surface area is 258 Å². The minimum absolute atomic E-state index is 0.0277. The lowest BCUT2D eigenvalue weighted by Gasteiger charge is -2.50. The molecule has 0 spiro atoms. The zero-order valence-corrected chi connectivity index (χ0v) is 25.1. The van der Waals surface area contributed by atoms with Crippen LogP contribution in [0.4, 0.5) is 10.8 Å². The summed E-state index contributed by atoms with van der Waals surface area (Å²) in [5, 5.41) is 8.86. The Morgan fingerprint density at radius 2 is 1.60 bits per heavy atom. The molecule has 2 amide bonds. The average Bonchev–Trinajstić information content (AvgIpc) is 3.50. The number of amides is 2. The normalized spacial score (nSPS) is 19.7. The van der Waals surface area contributed by atoms with Gasteiger partial charge in [0.1, 0.15) is 5.75 Å².